The van der Waals surface area contributed by atoms with Gasteiger partial charge in [0.2, 0.25) is 0 Å². The van der Waals surface area contributed by atoms with Crippen molar-refractivity contribution in [1.29, 1.82) is 0 Å². The average molecular weight is 287 g/mol. The molecular weight excluding hydrogens is 266 g/mol. The summed E-state index contributed by atoms with van der Waals surface area (Å²) in [6, 6.07) is 9.16. The Morgan fingerprint density at radius 2 is 2.10 bits per heavy atom. The van der Waals surface area contributed by atoms with Crippen LogP contribution in [0.3, 0.4) is 0 Å². The number of nitro benzene ring substituents is 1. The fourth-order valence-corrected chi connectivity index (χ4v) is 2.35. The zero-order valence-electron chi connectivity index (χ0n) is 12.2. The zero-order chi connectivity index (χ0) is 15.2. The average Bonchev–Trinajstić information content (AvgIpc) is 2.92. The van der Waals surface area contributed by atoms with E-state index < -0.39 is 0 Å². The molecule has 0 radical (unpaired) electrons. The Balaban J connectivity index is 1.99. The third-order valence-electron chi connectivity index (χ3n) is 3.66. The fraction of sp³-hybridized carbons (Fsp3) is 0.375. The van der Waals surface area contributed by atoms with Gasteiger partial charge in [0.05, 0.1) is 4.92 Å². The molecule has 2 aromatic rings. The summed E-state index contributed by atoms with van der Waals surface area (Å²) in [5.41, 5.74) is 8.12. The highest BCUT2D eigenvalue weighted by molar-refractivity contribution is 5.39. The first kappa shape index (κ1) is 15.3. The molecule has 21 heavy (non-hydrogen) atoms. The number of nitrogens with two attached hydrogens (primary N) is 1. The van der Waals surface area contributed by atoms with Gasteiger partial charge in [-0.15, -0.1) is 0 Å². The summed E-state index contributed by atoms with van der Waals surface area (Å²) in [5, 5.41) is 11.0. The van der Waals surface area contributed by atoms with Crippen LogP contribution in [0.15, 0.2) is 42.7 Å². The summed E-state index contributed by atoms with van der Waals surface area (Å²) in [4.78, 5) is 10.7. The molecule has 0 aliphatic carbocycles. The van der Waals surface area contributed by atoms with Crippen molar-refractivity contribution in [3.05, 3.63) is 64.0 Å². The molecule has 1 unspecified atom stereocenters. The molecule has 1 heterocycles. The van der Waals surface area contributed by atoms with E-state index in [1.54, 1.807) is 12.1 Å². The molecule has 0 saturated carbocycles. The molecule has 0 aliphatic rings. The SMILES string of the molecule is CCC(N)Cc1ccn(CCc2ccccc2[N+](=O)[O-])c1. The lowest BCUT2D eigenvalue weighted by atomic mass is 10.1. The van der Waals surface area contributed by atoms with Crippen LogP contribution in [-0.2, 0) is 19.4 Å². The third-order valence-corrected chi connectivity index (χ3v) is 3.66. The van der Waals surface area contributed by atoms with Gasteiger partial charge in [-0.2, -0.15) is 0 Å². The molecule has 1 aromatic carbocycles. The second-order valence-electron chi connectivity index (χ2n) is 5.27. The van der Waals surface area contributed by atoms with Crippen molar-refractivity contribution in [2.75, 3.05) is 0 Å². The minimum atomic E-state index is -0.323. The van der Waals surface area contributed by atoms with E-state index in [1.165, 1.54) is 5.56 Å². The maximum Gasteiger partial charge on any atom is 0.272 e. The van der Waals surface area contributed by atoms with Crippen LogP contribution >= 0.6 is 0 Å². The maximum absolute atomic E-state index is 11.0. The highest BCUT2D eigenvalue weighted by Crippen LogP contribution is 2.18. The Bertz CT molecular complexity index is 607. The molecule has 1 aromatic heterocycles. The minimum Gasteiger partial charge on any atom is -0.354 e. The van der Waals surface area contributed by atoms with E-state index in [2.05, 4.69) is 23.8 Å². The number of aryl methyl sites for hydroxylation is 2. The Kier molecular flexibility index (Phi) is 5.11. The van der Waals surface area contributed by atoms with Crippen LogP contribution in [0.25, 0.3) is 0 Å². The predicted octanol–water partition coefficient (Wildman–Crippen LogP) is 2.92. The van der Waals surface area contributed by atoms with Crippen LogP contribution in [0.4, 0.5) is 5.69 Å². The summed E-state index contributed by atoms with van der Waals surface area (Å²) >= 11 is 0. The number of hydrogen-bond donors (Lipinski definition) is 1. The second-order valence-corrected chi connectivity index (χ2v) is 5.27. The van der Waals surface area contributed by atoms with E-state index in [0.717, 1.165) is 24.9 Å². The van der Waals surface area contributed by atoms with Gasteiger partial charge < -0.3 is 10.3 Å². The summed E-state index contributed by atoms with van der Waals surface area (Å²) < 4.78 is 2.06. The molecule has 5 nitrogen and oxygen atoms in total. The van der Waals surface area contributed by atoms with Crippen molar-refractivity contribution in [2.24, 2.45) is 5.73 Å². The van der Waals surface area contributed by atoms with Gasteiger partial charge in [0.15, 0.2) is 0 Å². The lowest BCUT2D eigenvalue weighted by molar-refractivity contribution is -0.385. The summed E-state index contributed by atoms with van der Waals surface area (Å²) in [6.07, 6.45) is 6.55. The molecule has 0 fully saturated rings. The number of benzene rings is 1. The highest BCUT2D eigenvalue weighted by atomic mass is 16.6. The van der Waals surface area contributed by atoms with Gasteiger partial charge >= 0.3 is 0 Å². The molecule has 0 aliphatic heterocycles. The first-order valence-corrected chi connectivity index (χ1v) is 7.22. The quantitative estimate of drug-likeness (QED) is 0.628. The van der Waals surface area contributed by atoms with E-state index >= 15 is 0 Å². The first-order valence-electron chi connectivity index (χ1n) is 7.22. The number of rotatable bonds is 7. The third kappa shape index (κ3) is 4.16. The van der Waals surface area contributed by atoms with E-state index in [9.17, 15) is 10.1 Å². The van der Waals surface area contributed by atoms with Crippen molar-refractivity contribution in [1.82, 2.24) is 4.57 Å². The van der Waals surface area contributed by atoms with Crippen LogP contribution in [-0.4, -0.2) is 15.5 Å². The van der Waals surface area contributed by atoms with E-state index in [0.29, 0.717) is 6.42 Å². The Morgan fingerprint density at radius 3 is 2.81 bits per heavy atom. The van der Waals surface area contributed by atoms with Gasteiger partial charge in [0.25, 0.3) is 5.69 Å². The van der Waals surface area contributed by atoms with Gasteiger partial charge in [-0.1, -0.05) is 25.1 Å². The lowest BCUT2D eigenvalue weighted by Crippen LogP contribution is -2.21. The molecule has 0 bridgehead atoms. The number of nitrogens with zero attached hydrogens (tertiary/aromatic N) is 2. The molecule has 5 heteroatoms. The smallest absolute Gasteiger partial charge is 0.272 e. The minimum absolute atomic E-state index is 0.191. The van der Waals surface area contributed by atoms with Crippen molar-refractivity contribution >= 4 is 5.69 Å². The van der Waals surface area contributed by atoms with Crippen molar-refractivity contribution in [3.63, 3.8) is 0 Å². The largest absolute Gasteiger partial charge is 0.354 e. The molecule has 2 rings (SSSR count). The van der Waals surface area contributed by atoms with Gasteiger partial charge in [-0.05, 0) is 30.9 Å². The van der Waals surface area contributed by atoms with Crippen LogP contribution in [0, 0.1) is 10.1 Å². The van der Waals surface area contributed by atoms with Crippen LogP contribution in [0.2, 0.25) is 0 Å². The standard InChI is InChI=1S/C16H21N3O2/c1-2-15(17)11-13-7-9-18(12-13)10-8-14-5-3-4-6-16(14)19(20)21/h3-7,9,12,15H,2,8,10-11,17H2,1H3. The summed E-state index contributed by atoms with van der Waals surface area (Å²) in [7, 11) is 0. The topological polar surface area (TPSA) is 74.1 Å². The molecule has 0 amide bonds. The molecule has 112 valence electrons. The van der Waals surface area contributed by atoms with Crippen LogP contribution in [0.5, 0.6) is 0 Å². The van der Waals surface area contributed by atoms with Crippen LogP contribution < -0.4 is 5.73 Å². The van der Waals surface area contributed by atoms with Gasteiger partial charge in [-0.25, -0.2) is 0 Å². The summed E-state index contributed by atoms with van der Waals surface area (Å²) in [5.74, 6) is 0. The molecule has 2 N–H and O–H groups in total. The van der Waals surface area contributed by atoms with Gasteiger partial charge in [0.1, 0.15) is 0 Å². The van der Waals surface area contributed by atoms with Crippen LogP contribution in [0.1, 0.15) is 24.5 Å². The maximum atomic E-state index is 11.0. The molecule has 0 saturated heterocycles. The van der Waals surface area contributed by atoms with Gasteiger partial charge in [-0.3, -0.25) is 10.1 Å². The number of nitro groups is 1. The van der Waals surface area contributed by atoms with E-state index in [4.69, 9.17) is 5.73 Å². The second kappa shape index (κ2) is 7.04. The zero-order valence-corrected chi connectivity index (χ0v) is 12.2. The number of aromatic nitrogens is 1. The molecule has 0 spiro atoms. The highest BCUT2D eigenvalue weighted by Gasteiger charge is 2.12. The molecular formula is C16H21N3O2. The summed E-state index contributed by atoms with van der Waals surface area (Å²) in [6.45, 7) is 2.81. The van der Waals surface area contributed by atoms with E-state index in [1.807, 2.05) is 18.3 Å². The Hall–Kier alpha value is -2.14. The normalized spacial score (nSPS) is 12.3. The number of para-hydroxylation sites is 1. The Morgan fingerprint density at radius 1 is 1.33 bits per heavy atom. The van der Waals surface area contributed by atoms with Crippen molar-refractivity contribution in [3.8, 4) is 0 Å². The predicted molar refractivity (Wildman–Crippen MR) is 83.2 cm³/mol. The van der Waals surface area contributed by atoms with E-state index in [-0.39, 0.29) is 16.7 Å². The van der Waals surface area contributed by atoms with Gasteiger partial charge in [0, 0.05) is 36.6 Å². The molecule has 1 atom stereocenters. The monoisotopic (exact) mass is 287 g/mol. The lowest BCUT2D eigenvalue weighted by Gasteiger charge is -2.06. The Labute approximate surface area is 124 Å². The van der Waals surface area contributed by atoms with Crippen molar-refractivity contribution in [2.45, 2.75) is 38.8 Å². The first-order chi connectivity index (χ1) is 10.1. The number of hydrogen-bond acceptors (Lipinski definition) is 3. The van der Waals surface area contributed by atoms with Crippen molar-refractivity contribution < 1.29 is 4.92 Å². The fourth-order valence-electron chi connectivity index (χ4n) is 2.35.